The molecule has 1 heterocycles. The third kappa shape index (κ3) is 5.63. The molecule has 4 rings (SSSR count). The van der Waals surface area contributed by atoms with E-state index in [1.54, 1.807) is 35.2 Å². The summed E-state index contributed by atoms with van der Waals surface area (Å²) in [5.41, 5.74) is 6.90. The van der Waals surface area contributed by atoms with Gasteiger partial charge in [0.2, 0.25) is 0 Å². The Labute approximate surface area is 209 Å². The van der Waals surface area contributed by atoms with Crippen LogP contribution in [0.15, 0.2) is 70.6 Å². The molecule has 0 spiro atoms. The molecule has 1 amide bonds. The second kappa shape index (κ2) is 10.2. The van der Waals surface area contributed by atoms with Gasteiger partial charge in [0.25, 0.3) is 5.91 Å². The number of carboxylic acid groups (broad SMARTS) is 1. The summed E-state index contributed by atoms with van der Waals surface area (Å²) in [6.07, 6.45) is 1.80. The maximum Gasteiger partial charge on any atom is 0.271 e. The van der Waals surface area contributed by atoms with Crippen molar-refractivity contribution in [2.45, 2.75) is 27.7 Å². The zero-order valence-corrected chi connectivity index (χ0v) is 20.8. The molecular weight excluding hydrogens is 460 g/mol. The predicted octanol–water partition coefficient (Wildman–Crippen LogP) is 4.86. The van der Waals surface area contributed by atoms with E-state index < -0.39 is 12.6 Å². The summed E-state index contributed by atoms with van der Waals surface area (Å²) in [6.45, 7) is 7.64. The first-order valence-corrected chi connectivity index (χ1v) is 11.9. The van der Waals surface area contributed by atoms with Gasteiger partial charge in [-0.3, -0.25) is 9.69 Å². The summed E-state index contributed by atoms with van der Waals surface area (Å²) < 4.78 is 5.13. The first kappa shape index (κ1) is 24.3. The summed E-state index contributed by atoms with van der Waals surface area (Å²) in [5, 5.41) is 11.2. The molecule has 0 radical (unpaired) electrons. The van der Waals surface area contributed by atoms with Crippen LogP contribution >= 0.6 is 11.8 Å². The number of carbonyl (C=O) groups excluding carboxylic acids is 2. The molecule has 3 aromatic carbocycles. The molecule has 1 aliphatic rings. The minimum atomic E-state index is -1.29. The standard InChI is InChI=1S/C28H26N2O4S/c1-17-5-9-22(13-19(17)3)29-28-30(23-10-6-18(2)20(4)14-23)27(33)25(35-28)15-21-7-11-24(12-8-21)34-16-26(31)32/h5-15H,16H2,1-4H3,(H,31,32)/p-1/b25-15-,29-28?. The number of amidine groups is 1. The third-order valence-electron chi connectivity index (χ3n) is 5.80. The van der Waals surface area contributed by atoms with Crippen LogP contribution < -0.4 is 14.7 Å². The van der Waals surface area contributed by atoms with Gasteiger partial charge in [-0.15, -0.1) is 0 Å². The van der Waals surface area contributed by atoms with Crippen LogP contribution in [-0.2, 0) is 9.59 Å². The molecule has 1 saturated heterocycles. The lowest BCUT2D eigenvalue weighted by Crippen LogP contribution is -2.28. The molecule has 6 nitrogen and oxygen atoms in total. The molecule has 0 atom stereocenters. The van der Waals surface area contributed by atoms with Gasteiger partial charge in [0.15, 0.2) is 5.17 Å². The third-order valence-corrected chi connectivity index (χ3v) is 6.77. The summed E-state index contributed by atoms with van der Waals surface area (Å²) >= 11 is 1.32. The molecule has 0 unspecified atom stereocenters. The second-order valence-electron chi connectivity index (χ2n) is 8.41. The maximum absolute atomic E-state index is 13.5. The van der Waals surface area contributed by atoms with E-state index in [1.807, 2.05) is 57.2 Å². The number of aliphatic imine (C=N–C) groups is 1. The van der Waals surface area contributed by atoms with Crippen molar-refractivity contribution in [3.8, 4) is 5.75 Å². The molecule has 0 saturated carbocycles. The van der Waals surface area contributed by atoms with Crippen LogP contribution in [0.4, 0.5) is 11.4 Å². The van der Waals surface area contributed by atoms with E-state index in [-0.39, 0.29) is 5.91 Å². The van der Waals surface area contributed by atoms with Gasteiger partial charge in [-0.25, -0.2) is 4.99 Å². The Bertz CT molecular complexity index is 1360. The van der Waals surface area contributed by atoms with Crippen molar-refractivity contribution in [1.82, 2.24) is 0 Å². The fourth-order valence-electron chi connectivity index (χ4n) is 3.50. The predicted molar refractivity (Wildman–Crippen MR) is 139 cm³/mol. The fourth-order valence-corrected chi connectivity index (χ4v) is 4.50. The number of carbonyl (C=O) groups is 2. The Kier molecular flexibility index (Phi) is 7.07. The first-order valence-electron chi connectivity index (χ1n) is 11.1. The SMILES string of the molecule is Cc1ccc(N=C2S/C(=C\c3ccc(OCC(=O)[O-])cc3)C(=O)N2c2ccc(C)c(C)c2)cc1C. The molecule has 0 aromatic heterocycles. The Morgan fingerprint density at radius 2 is 1.60 bits per heavy atom. The Hall–Kier alpha value is -3.84. The molecule has 0 bridgehead atoms. The number of ether oxygens (including phenoxy) is 1. The fraction of sp³-hybridized carbons (Fsp3) is 0.179. The average Bonchev–Trinajstić information content (AvgIpc) is 3.12. The minimum Gasteiger partial charge on any atom is -0.546 e. The van der Waals surface area contributed by atoms with Crippen molar-refractivity contribution >= 4 is 46.3 Å². The van der Waals surface area contributed by atoms with Crippen molar-refractivity contribution in [3.63, 3.8) is 0 Å². The smallest absolute Gasteiger partial charge is 0.271 e. The van der Waals surface area contributed by atoms with Crippen LogP contribution in [0.3, 0.4) is 0 Å². The quantitative estimate of drug-likeness (QED) is 0.466. The lowest BCUT2D eigenvalue weighted by molar-refractivity contribution is -0.307. The largest absolute Gasteiger partial charge is 0.546 e. The van der Waals surface area contributed by atoms with E-state index in [4.69, 9.17) is 9.73 Å². The second-order valence-corrected chi connectivity index (χ2v) is 9.42. The highest BCUT2D eigenvalue weighted by atomic mass is 32.2. The van der Waals surface area contributed by atoms with Crippen molar-refractivity contribution in [1.29, 1.82) is 0 Å². The van der Waals surface area contributed by atoms with Gasteiger partial charge in [-0.1, -0.05) is 24.3 Å². The van der Waals surface area contributed by atoms with Crippen LogP contribution in [0.2, 0.25) is 0 Å². The molecular formula is C28H25N2O4S-. The Morgan fingerprint density at radius 1 is 0.943 bits per heavy atom. The summed E-state index contributed by atoms with van der Waals surface area (Å²) in [7, 11) is 0. The zero-order valence-electron chi connectivity index (χ0n) is 20.0. The lowest BCUT2D eigenvalue weighted by Gasteiger charge is -2.17. The Morgan fingerprint density at radius 3 is 2.23 bits per heavy atom. The van der Waals surface area contributed by atoms with Gasteiger partial charge in [0.1, 0.15) is 12.4 Å². The van der Waals surface area contributed by atoms with Gasteiger partial charge in [-0.05, 0) is 110 Å². The number of aliphatic carboxylic acids is 1. The summed E-state index contributed by atoms with van der Waals surface area (Å²) in [4.78, 5) is 31.1. The van der Waals surface area contributed by atoms with E-state index in [1.165, 1.54) is 17.3 Å². The van der Waals surface area contributed by atoms with Gasteiger partial charge in [0, 0.05) is 0 Å². The zero-order chi connectivity index (χ0) is 25.1. The molecule has 1 fully saturated rings. The van der Waals surface area contributed by atoms with Crippen LogP contribution in [-0.4, -0.2) is 23.7 Å². The molecule has 0 N–H and O–H groups in total. The van der Waals surface area contributed by atoms with E-state index in [9.17, 15) is 14.7 Å². The van der Waals surface area contributed by atoms with E-state index in [0.717, 1.165) is 33.6 Å². The van der Waals surface area contributed by atoms with Gasteiger partial charge >= 0.3 is 0 Å². The van der Waals surface area contributed by atoms with Crippen LogP contribution in [0.5, 0.6) is 5.75 Å². The number of hydrogen-bond acceptors (Lipinski definition) is 6. The van der Waals surface area contributed by atoms with Gasteiger partial charge in [-0.2, -0.15) is 0 Å². The lowest BCUT2D eigenvalue weighted by atomic mass is 10.1. The monoisotopic (exact) mass is 485 g/mol. The normalized spacial score (nSPS) is 15.8. The van der Waals surface area contributed by atoms with Crippen molar-refractivity contribution in [2.24, 2.45) is 4.99 Å². The summed E-state index contributed by atoms with van der Waals surface area (Å²) in [5.74, 6) is -1.03. The van der Waals surface area contributed by atoms with Crippen LogP contribution in [0, 0.1) is 27.7 Å². The van der Waals surface area contributed by atoms with E-state index >= 15 is 0 Å². The summed E-state index contributed by atoms with van der Waals surface area (Å²) in [6, 6.07) is 18.8. The molecule has 35 heavy (non-hydrogen) atoms. The van der Waals surface area contributed by atoms with Crippen molar-refractivity contribution < 1.29 is 19.4 Å². The number of benzene rings is 3. The number of anilines is 1. The number of aryl methyl sites for hydroxylation is 4. The number of rotatable bonds is 6. The molecule has 3 aromatic rings. The Balaban J connectivity index is 1.70. The van der Waals surface area contributed by atoms with Crippen LogP contribution in [0.1, 0.15) is 27.8 Å². The number of nitrogens with zero attached hydrogens (tertiary/aromatic N) is 2. The average molecular weight is 486 g/mol. The highest BCUT2D eigenvalue weighted by molar-refractivity contribution is 8.19. The number of thioether (sulfide) groups is 1. The van der Waals surface area contributed by atoms with Crippen molar-refractivity contribution in [2.75, 3.05) is 11.5 Å². The highest BCUT2D eigenvalue weighted by Crippen LogP contribution is 2.38. The molecule has 1 aliphatic heterocycles. The van der Waals surface area contributed by atoms with Crippen molar-refractivity contribution in [3.05, 3.63) is 93.4 Å². The molecule has 178 valence electrons. The number of amides is 1. The van der Waals surface area contributed by atoms with Gasteiger partial charge < -0.3 is 14.6 Å². The van der Waals surface area contributed by atoms with E-state index in [2.05, 4.69) is 6.92 Å². The minimum absolute atomic E-state index is 0.155. The number of hydrogen-bond donors (Lipinski definition) is 0. The first-order chi connectivity index (χ1) is 16.7. The topological polar surface area (TPSA) is 82.0 Å². The van der Waals surface area contributed by atoms with E-state index in [0.29, 0.717) is 15.8 Å². The molecule has 0 aliphatic carbocycles. The van der Waals surface area contributed by atoms with Gasteiger partial charge in [0.05, 0.1) is 22.2 Å². The maximum atomic E-state index is 13.5. The highest BCUT2D eigenvalue weighted by Gasteiger charge is 2.35. The molecule has 7 heteroatoms. The van der Waals surface area contributed by atoms with Crippen LogP contribution in [0.25, 0.3) is 6.08 Å². The number of carboxylic acids is 1.